The number of carbonyl (C=O) groups is 1. The standard InChI is InChI=1S/C14H19NO3/c1-17-11-5-3-10(4-6-11)12-7-8-15-13(12)9-14(16)18-2/h3-6,12-13,15H,7-9H2,1-2H3/t12-,13-/m0/s1. The molecular weight excluding hydrogens is 230 g/mol. The molecular formula is C14H19NO3. The van der Waals surface area contributed by atoms with Gasteiger partial charge in [0, 0.05) is 12.0 Å². The van der Waals surface area contributed by atoms with E-state index in [-0.39, 0.29) is 12.0 Å². The summed E-state index contributed by atoms with van der Waals surface area (Å²) in [7, 11) is 3.09. The van der Waals surface area contributed by atoms with Crippen LogP contribution in [-0.2, 0) is 9.53 Å². The fourth-order valence-electron chi connectivity index (χ4n) is 2.50. The van der Waals surface area contributed by atoms with Crippen molar-refractivity contribution in [3.8, 4) is 5.75 Å². The first kappa shape index (κ1) is 12.9. The summed E-state index contributed by atoms with van der Waals surface area (Å²) < 4.78 is 9.88. The van der Waals surface area contributed by atoms with Crippen molar-refractivity contribution in [2.75, 3.05) is 20.8 Å². The van der Waals surface area contributed by atoms with Gasteiger partial charge in [0.15, 0.2) is 0 Å². The maximum absolute atomic E-state index is 11.4. The summed E-state index contributed by atoms with van der Waals surface area (Å²) in [6, 6.07) is 8.23. The Bertz CT molecular complexity index is 402. The summed E-state index contributed by atoms with van der Waals surface area (Å²) in [5.74, 6) is 1.07. The Balaban J connectivity index is 2.07. The van der Waals surface area contributed by atoms with Crippen LogP contribution in [0.4, 0.5) is 0 Å². The smallest absolute Gasteiger partial charge is 0.307 e. The van der Waals surface area contributed by atoms with Crippen LogP contribution in [-0.4, -0.2) is 32.8 Å². The van der Waals surface area contributed by atoms with Gasteiger partial charge in [0.25, 0.3) is 0 Å². The van der Waals surface area contributed by atoms with Gasteiger partial charge in [-0.2, -0.15) is 0 Å². The maximum Gasteiger partial charge on any atom is 0.307 e. The normalized spacial score (nSPS) is 22.8. The Morgan fingerprint density at radius 3 is 2.67 bits per heavy atom. The molecule has 1 aliphatic heterocycles. The number of nitrogens with one attached hydrogen (secondary N) is 1. The predicted molar refractivity (Wildman–Crippen MR) is 68.8 cm³/mol. The second-order valence-corrected chi connectivity index (χ2v) is 4.51. The van der Waals surface area contributed by atoms with Crippen molar-refractivity contribution in [2.24, 2.45) is 0 Å². The van der Waals surface area contributed by atoms with Crippen LogP contribution in [0.5, 0.6) is 5.75 Å². The average molecular weight is 249 g/mol. The molecule has 2 rings (SSSR count). The Kier molecular flexibility index (Phi) is 4.20. The monoisotopic (exact) mass is 249 g/mol. The highest BCUT2D eigenvalue weighted by atomic mass is 16.5. The molecule has 2 atom stereocenters. The molecule has 4 heteroatoms. The van der Waals surface area contributed by atoms with Gasteiger partial charge < -0.3 is 14.8 Å². The molecule has 0 amide bonds. The van der Waals surface area contributed by atoms with Crippen molar-refractivity contribution in [1.82, 2.24) is 5.32 Å². The lowest BCUT2D eigenvalue weighted by atomic mass is 9.90. The number of hydrogen-bond acceptors (Lipinski definition) is 4. The minimum atomic E-state index is -0.159. The lowest BCUT2D eigenvalue weighted by molar-refractivity contribution is -0.141. The molecule has 0 spiro atoms. The van der Waals surface area contributed by atoms with Crippen LogP contribution < -0.4 is 10.1 Å². The van der Waals surface area contributed by atoms with Gasteiger partial charge in [-0.15, -0.1) is 0 Å². The van der Waals surface area contributed by atoms with E-state index in [1.165, 1.54) is 12.7 Å². The van der Waals surface area contributed by atoms with Crippen molar-refractivity contribution in [3.05, 3.63) is 29.8 Å². The molecule has 0 saturated carbocycles. The minimum Gasteiger partial charge on any atom is -0.497 e. The molecule has 4 nitrogen and oxygen atoms in total. The lowest BCUT2D eigenvalue weighted by Crippen LogP contribution is -2.29. The Morgan fingerprint density at radius 2 is 2.06 bits per heavy atom. The van der Waals surface area contributed by atoms with Crippen molar-refractivity contribution in [3.63, 3.8) is 0 Å². The average Bonchev–Trinajstić information content (AvgIpc) is 2.86. The molecule has 1 aromatic rings. The number of benzene rings is 1. The summed E-state index contributed by atoms with van der Waals surface area (Å²) >= 11 is 0. The maximum atomic E-state index is 11.4. The number of esters is 1. The highest BCUT2D eigenvalue weighted by Crippen LogP contribution is 2.30. The Labute approximate surface area is 107 Å². The number of carbonyl (C=O) groups excluding carboxylic acids is 1. The number of methoxy groups -OCH3 is 2. The summed E-state index contributed by atoms with van der Waals surface area (Å²) in [6.07, 6.45) is 1.47. The first-order valence-electron chi connectivity index (χ1n) is 6.18. The highest BCUT2D eigenvalue weighted by Gasteiger charge is 2.30. The van der Waals surface area contributed by atoms with E-state index < -0.39 is 0 Å². The summed E-state index contributed by atoms with van der Waals surface area (Å²) in [5, 5.41) is 3.37. The van der Waals surface area contributed by atoms with Gasteiger partial charge in [-0.1, -0.05) is 12.1 Å². The van der Waals surface area contributed by atoms with Gasteiger partial charge in [-0.25, -0.2) is 0 Å². The lowest BCUT2D eigenvalue weighted by Gasteiger charge is -2.19. The van der Waals surface area contributed by atoms with Crippen LogP contribution in [0.15, 0.2) is 24.3 Å². The second-order valence-electron chi connectivity index (χ2n) is 4.51. The van der Waals surface area contributed by atoms with Crippen LogP contribution in [0.25, 0.3) is 0 Å². The van der Waals surface area contributed by atoms with Crippen LogP contribution in [0.2, 0.25) is 0 Å². The molecule has 98 valence electrons. The third-order valence-corrected chi connectivity index (χ3v) is 3.51. The molecule has 1 fully saturated rings. The molecule has 1 heterocycles. The molecule has 1 saturated heterocycles. The van der Waals surface area contributed by atoms with Crippen molar-refractivity contribution < 1.29 is 14.3 Å². The van der Waals surface area contributed by atoms with Crippen molar-refractivity contribution >= 4 is 5.97 Å². The van der Waals surface area contributed by atoms with E-state index in [9.17, 15) is 4.79 Å². The van der Waals surface area contributed by atoms with E-state index in [4.69, 9.17) is 9.47 Å². The first-order chi connectivity index (χ1) is 8.74. The number of ether oxygens (including phenoxy) is 2. The van der Waals surface area contributed by atoms with Gasteiger partial charge >= 0.3 is 5.97 Å². The molecule has 1 aliphatic rings. The third-order valence-electron chi connectivity index (χ3n) is 3.51. The van der Waals surface area contributed by atoms with Gasteiger partial charge in [0.1, 0.15) is 5.75 Å². The van der Waals surface area contributed by atoms with Gasteiger partial charge in [-0.3, -0.25) is 4.79 Å². The van der Waals surface area contributed by atoms with E-state index in [1.807, 2.05) is 12.1 Å². The molecule has 0 aromatic heterocycles. The molecule has 0 unspecified atom stereocenters. The van der Waals surface area contributed by atoms with E-state index >= 15 is 0 Å². The van der Waals surface area contributed by atoms with Crippen molar-refractivity contribution in [1.29, 1.82) is 0 Å². The zero-order chi connectivity index (χ0) is 13.0. The van der Waals surface area contributed by atoms with E-state index in [0.717, 1.165) is 18.7 Å². The molecule has 1 aromatic carbocycles. The zero-order valence-corrected chi connectivity index (χ0v) is 10.8. The van der Waals surface area contributed by atoms with Gasteiger partial charge in [-0.05, 0) is 30.7 Å². The predicted octanol–water partition coefficient (Wildman–Crippen LogP) is 1.70. The number of hydrogen-bond donors (Lipinski definition) is 1. The molecule has 1 N–H and O–H groups in total. The van der Waals surface area contributed by atoms with E-state index in [0.29, 0.717) is 12.3 Å². The quantitative estimate of drug-likeness (QED) is 0.825. The molecule has 0 bridgehead atoms. The summed E-state index contributed by atoms with van der Waals surface area (Å²) in [4.78, 5) is 11.4. The minimum absolute atomic E-state index is 0.159. The largest absolute Gasteiger partial charge is 0.497 e. The Morgan fingerprint density at radius 1 is 1.33 bits per heavy atom. The fraction of sp³-hybridized carbons (Fsp3) is 0.500. The molecule has 18 heavy (non-hydrogen) atoms. The van der Waals surface area contributed by atoms with Crippen LogP contribution in [0, 0.1) is 0 Å². The third kappa shape index (κ3) is 2.82. The highest BCUT2D eigenvalue weighted by molar-refractivity contribution is 5.70. The summed E-state index contributed by atoms with van der Waals surface area (Å²) in [6.45, 7) is 0.943. The number of rotatable bonds is 4. The topological polar surface area (TPSA) is 47.6 Å². The SMILES string of the molecule is COC(=O)C[C@@H]1NCC[C@H]1c1ccc(OC)cc1. The van der Waals surface area contributed by atoms with Gasteiger partial charge in [0.05, 0.1) is 20.6 Å². The molecule has 0 aliphatic carbocycles. The Hall–Kier alpha value is -1.55. The van der Waals surface area contributed by atoms with Crippen LogP contribution in [0.3, 0.4) is 0 Å². The van der Waals surface area contributed by atoms with Crippen LogP contribution >= 0.6 is 0 Å². The van der Waals surface area contributed by atoms with Crippen molar-refractivity contribution in [2.45, 2.75) is 24.8 Å². The first-order valence-corrected chi connectivity index (χ1v) is 6.18. The molecule has 0 radical (unpaired) electrons. The van der Waals surface area contributed by atoms with Crippen LogP contribution in [0.1, 0.15) is 24.3 Å². The van der Waals surface area contributed by atoms with Gasteiger partial charge in [0.2, 0.25) is 0 Å². The fourth-order valence-corrected chi connectivity index (χ4v) is 2.50. The summed E-state index contributed by atoms with van der Waals surface area (Å²) in [5.41, 5.74) is 1.25. The second kappa shape index (κ2) is 5.87. The van der Waals surface area contributed by atoms with E-state index in [1.54, 1.807) is 7.11 Å². The van der Waals surface area contributed by atoms with E-state index in [2.05, 4.69) is 17.4 Å². The zero-order valence-electron chi connectivity index (χ0n) is 10.8.